The molecule has 2 nitrogen and oxygen atoms in total. The van der Waals surface area contributed by atoms with Crippen LogP contribution in [0.4, 0.5) is 8.78 Å². The molecule has 3 rings (SSSR count). The topological polar surface area (TPSA) is 22.0 Å². The number of rotatable bonds is 4. The smallest absolute Gasteiger partial charge is 0.209 e. The second kappa shape index (κ2) is 8.16. The highest BCUT2D eigenvalue weighted by atomic mass is 127. The largest absolute Gasteiger partial charge is 0.339 e. The maximum Gasteiger partial charge on any atom is 0.209 e. The summed E-state index contributed by atoms with van der Waals surface area (Å²) in [6.45, 7) is 2.74. The Hall–Kier alpha value is -1.29. The molecule has 0 aliphatic carbocycles. The lowest BCUT2D eigenvalue weighted by Gasteiger charge is -2.22. The van der Waals surface area contributed by atoms with Gasteiger partial charge in [0, 0.05) is 6.54 Å². The summed E-state index contributed by atoms with van der Waals surface area (Å²) in [6, 6.07) is 12.3. The monoisotopic (exact) mass is 577 g/mol. The molecule has 134 valence electrons. The average molecular weight is 577 g/mol. The van der Waals surface area contributed by atoms with E-state index >= 15 is 0 Å². The van der Waals surface area contributed by atoms with E-state index in [1.165, 1.54) is 24.3 Å². The molecule has 3 aromatic rings. The number of pyridine rings is 1. The van der Waals surface area contributed by atoms with Crippen LogP contribution in [0.1, 0.15) is 13.3 Å². The van der Waals surface area contributed by atoms with Crippen LogP contribution in [0.3, 0.4) is 0 Å². The highest BCUT2D eigenvalue weighted by molar-refractivity contribution is 14.1. The fourth-order valence-corrected chi connectivity index (χ4v) is 5.15. The van der Waals surface area contributed by atoms with E-state index in [4.69, 9.17) is 0 Å². The zero-order valence-corrected chi connectivity index (χ0v) is 18.2. The van der Waals surface area contributed by atoms with Gasteiger partial charge in [0.15, 0.2) is 0 Å². The molecule has 0 N–H and O–H groups in total. The quantitative estimate of drug-likeness (QED) is 0.345. The summed E-state index contributed by atoms with van der Waals surface area (Å²) in [5.74, 6) is -0.644. The molecule has 0 spiro atoms. The van der Waals surface area contributed by atoms with Crippen LogP contribution >= 0.6 is 45.2 Å². The number of nitrogens with zero attached hydrogens (tertiary/aromatic N) is 1. The first-order valence-corrected chi connectivity index (χ1v) is 10.2. The van der Waals surface area contributed by atoms with Crippen molar-refractivity contribution in [3.8, 4) is 22.5 Å². The molecule has 0 saturated carbocycles. The van der Waals surface area contributed by atoms with Gasteiger partial charge in [-0.2, -0.15) is 0 Å². The molecule has 0 unspecified atom stereocenters. The molecule has 1 heterocycles. The van der Waals surface area contributed by atoms with E-state index in [0.29, 0.717) is 13.7 Å². The Morgan fingerprint density at radius 3 is 1.54 bits per heavy atom. The van der Waals surface area contributed by atoms with Crippen molar-refractivity contribution in [3.63, 3.8) is 0 Å². The van der Waals surface area contributed by atoms with Crippen LogP contribution in [0.25, 0.3) is 22.5 Å². The molecule has 0 aliphatic heterocycles. The summed E-state index contributed by atoms with van der Waals surface area (Å²) in [7, 11) is 0. The van der Waals surface area contributed by atoms with Gasteiger partial charge in [0.2, 0.25) is 5.43 Å². The summed E-state index contributed by atoms with van der Waals surface area (Å²) in [5, 5.41) is 0. The first-order chi connectivity index (χ1) is 12.4. The molecule has 6 heteroatoms. The Balaban J connectivity index is 2.38. The molecular weight excluding hydrogens is 562 g/mol. The van der Waals surface area contributed by atoms with Crippen molar-refractivity contribution >= 4 is 45.2 Å². The van der Waals surface area contributed by atoms with E-state index in [1.54, 1.807) is 24.3 Å². The highest BCUT2D eigenvalue weighted by Crippen LogP contribution is 2.32. The normalized spacial score (nSPS) is 11.0. The van der Waals surface area contributed by atoms with Crippen LogP contribution in [0.2, 0.25) is 0 Å². The summed E-state index contributed by atoms with van der Waals surface area (Å²) in [6.07, 6.45) is 0.859. The Kier molecular flexibility index (Phi) is 6.11. The Labute approximate surface area is 177 Å². The van der Waals surface area contributed by atoms with Gasteiger partial charge >= 0.3 is 0 Å². The first kappa shape index (κ1) is 19.5. The minimum atomic E-state index is -0.322. The van der Waals surface area contributed by atoms with Crippen LogP contribution in [0, 0.1) is 18.8 Å². The summed E-state index contributed by atoms with van der Waals surface area (Å²) in [5.41, 5.74) is 3.01. The maximum absolute atomic E-state index is 13.4. The summed E-state index contributed by atoms with van der Waals surface area (Å²) in [4.78, 5) is 12.9. The molecule has 0 saturated heterocycles. The van der Waals surface area contributed by atoms with Crippen LogP contribution in [-0.2, 0) is 6.54 Å². The van der Waals surface area contributed by atoms with Gasteiger partial charge in [0.05, 0.1) is 18.5 Å². The molecule has 0 radical (unpaired) electrons. The summed E-state index contributed by atoms with van der Waals surface area (Å²) >= 11 is 4.12. The number of hydrogen-bond donors (Lipinski definition) is 0. The molecule has 1 aromatic heterocycles. The molecule has 0 atom stereocenters. The van der Waals surface area contributed by atoms with E-state index in [1.807, 2.05) is 0 Å². The maximum atomic E-state index is 13.4. The van der Waals surface area contributed by atoms with E-state index in [-0.39, 0.29) is 17.1 Å². The number of halogens is 4. The first-order valence-electron chi connectivity index (χ1n) is 8.07. The molecule has 0 fully saturated rings. The van der Waals surface area contributed by atoms with Crippen molar-refractivity contribution < 1.29 is 8.78 Å². The van der Waals surface area contributed by atoms with E-state index < -0.39 is 0 Å². The lowest BCUT2D eigenvalue weighted by atomic mass is 10.1. The van der Waals surface area contributed by atoms with Crippen molar-refractivity contribution in [2.24, 2.45) is 0 Å². The van der Waals surface area contributed by atoms with E-state index in [9.17, 15) is 13.6 Å². The fraction of sp³-hybridized carbons (Fsp3) is 0.150. The third kappa shape index (κ3) is 3.71. The standard InChI is InChI=1S/C20H15F2I2NO/c1-2-11-25-18(12-3-7-14(21)8-4-12)16(23)20(26)17(24)19(25)13-5-9-15(22)10-6-13/h3-10H,2,11H2,1H3. The average Bonchev–Trinajstić information content (AvgIpc) is 2.63. The van der Waals surface area contributed by atoms with Crippen molar-refractivity contribution in [1.82, 2.24) is 4.57 Å². The zero-order chi connectivity index (χ0) is 18.8. The van der Waals surface area contributed by atoms with Crippen molar-refractivity contribution in [1.29, 1.82) is 0 Å². The molecule has 26 heavy (non-hydrogen) atoms. The van der Waals surface area contributed by atoms with Crippen molar-refractivity contribution in [2.45, 2.75) is 19.9 Å². The second-order valence-corrected chi connectivity index (χ2v) is 7.98. The van der Waals surface area contributed by atoms with Gasteiger partial charge in [-0.15, -0.1) is 0 Å². The van der Waals surface area contributed by atoms with Gasteiger partial charge in [-0.1, -0.05) is 6.92 Å². The van der Waals surface area contributed by atoms with Gasteiger partial charge in [-0.05, 0) is 111 Å². The molecular formula is C20H15F2I2NO. The molecule has 0 bridgehead atoms. The minimum absolute atomic E-state index is 0.0720. The second-order valence-electron chi connectivity index (χ2n) is 5.82. The lowest BCUT2D eigenvalue weighted by Crippen LogP contribution is -2.21. The van der Waals surface area contributed by atoms with Gasteiger partial charge in [0.25, 0.3) is 0 Å². The number of hydrogen-bond acceptors (Lipinski definition) is 1. The molecule has 2 aromatic carbocycles. The molecule has 0 amide bonds. The van der Waals surface area contributed by atoms with Gasteiger partial charge in [-0.25, -0.2) is 8.78 Å². The Morgan fingerprint density at radius 2 is 1.19 bits per heavy atom. The van der Waals surface area contributed by atoms with Gasteiger partial charge in [0.1, 0.15) is 11.6 Å². The Bertz CT molecular complexity index is 921. The highest BCUT2D eigenvalue weighted by Gasteiger charge is 2.21. The van der Waals surface area contributed by atoms with Crippen LogP contribution in [0.15, 0.2) is 53.3 Å². The van der Waals surface area contributed by atoms with Crippen molar-refractivity contribution in [3.05, 3.63) is 77.5 Å². The third-order valence-corrected chi connectivity index (χ3v) is 6.04. The summed E-state index contributed by atoms with van der Waals surface area (Å²) < 4.78 is 30.0. The molecule has 0 aliphatic rings. The van der Waals surface area contributed by atoms with Crippen LogP contribution in [0.5, 0.6) is 0 Å². The third-order valence-electron chi connectivity index (χ3n) is 4.04. The minimum Gasteiger partial charge on any atom is -0.339 e. The van der Waals surface area contributed by atoms with Crippen LogP contribution < -0.4 is 5.43 Å². The fourth-order valence-electron chi connectivity index (χ4n) is 2.89. The lowest BCUT2D eigenvalue weighted by molar-refractivity contribution is 0.627. The SMILES string of the molecule is CCCn1c(-c2ccc(F)cc2)c(I)c(=O)c(I)c1-c1ccc(F)cc1. The van der Waals surface area contributed by atoms with Gasteiger partial charge in [-0.3, -0.25) is 4.79 Å². The predicted octanol–water partition coefficient (Wildman–Crippen LogP) is 6.08. The predicted molar refractivity (Wildman–Crippen MR) is 117 cm³/mol. The number of aromatic nitrogens is 1. The van der Waals surface area contributed by atoms with Gasteiger partial charge < -0.3 is 4.57 Å². The Morgan fingerprint density at radius 1 is 0.808 bits per heavy atom. The van der Waals surface area contributed by atoms with E-state index in [0.717, 1.165) is 28.9 Å². The van der Waals surface area contributed by atoms with Crippen molar-refractivity contribution in [2.75, 3.05) is 0 Å². The zero-order valence-electron chi connectivity index (χ0n) is 13.9. The number of benzene rings is 2. The van der Waals surface area contributed by atoms with E-state index in [2.05, 4.69) is 56.7 Å². The van der Waals surface area contributed by atoms with Crippen LogP contribution in [-0.4, -0.2) is 4.57 Å².